The summed E-state index contributed by atoms with van der Waals surface area (Å²) < 4.78 is 0. The number of hydrogen-bond acceptors (Lipinski definition) is 5. The highest BCUT2D eigenvalue weighted by atomic mass is 16.5. The summed E-state index contributed by atoms with van der Waals surface area (Å²) in [4.78, 5) is 30.1. The van der Waals surface area contributed by atoms with Crippen LogP contribution >= 0.6 is 0 Å². The van der Waals surface area contributed by atoms with Crippen LogP contribution in [0.5, 0.6) is 0 Å². The number of carbonyl (C=O) groups is 2. The van der Waals surface area contributed by atoms with E-state index in [2.05, 4.69) is 16.0 Å². The zero-order chi connectivity index (χ0) is 19.4. The van der Waals surface area contributed by atoms with Gasteiger partial charge < -0.3 is 9.69 Å². The summed E-state index contributed by atoms with van der Waals surface area (Å²) in [6.45, 7) is 2.78. The summed E-state index contributed by atoms with van der Waals surface area (Å²) in [5, 5.41) is 8.81. The lowest BCUT2D eigenvalue weighted by molar-refractivity contribution is -0.125. The molecule has 1 fully saturated rings. The Bertz CT molecular complexity index is 774. The maximum Gasteiger partial charge on any atom is 0.274 e. The number of anilines is 1. The standard InChI is InChI=1S/C21H27N3O3/c1-15-19(4-3-10-22-15)24(2)11-9-21(14-25)8-7-16-12-17(20(26)23-27)5-6-18(16)13-21/h3-6,10,12,14,16,18,27H,7-9,11,13H2,1-2H3,(H,23,26)/t16?,18?,21-/m0/s1. The van der Waals surface area contributed by atoms with Gasteiger partial charge in [0.1, 0.15) is 6.29 Å². The molecule has 1 aromatic rings. The van der Waals surface area contributed by atoms with Crippen molar-refractivity contribution >= 4 is 17.9 Å². The summed E-state index contributed by atoms with van der Waals surface area (Å²) in [5.74, 6) is 0.0173. The third-order valence-electron chi connectivity index (χ3n) is 6.03. The molecule has 1 aromatic heterocycles. The van der Waals surface area contributed by atoms with E-state index in [9.17, 15) is 9.59 Å². The van der Waals surface area contributed by atoms with Crippen LogP contribution in [-0.4, -0.2) is 36.0 Å². The number of amides is 1. The number of carbonyl (C=O) groups excluding carboxylic acids is 2. The number of nitrogens with zero attached hydrogens (tertiary/aromatic N) is 2. The predicted molar refractivity (Wildman–Crippen MR) is 103 cm³/mol. The first-order valence-electron chi connectivity index (χ1n) is 9.41. The Kier molecular flexibility index (Phi) is 5.75. The molecular formula is C21H27N3O3. The van der Waals surface area contributed by atoms with Gasteiger partial charge in [0.2, 0.25) is 0 Å². The van der Waals surface area contributed by atoms with Crippen LogP contribution in [0.2, 0.25) is 0 Å². The Morgan fingerprint density at radius 3 is 3.00 bits per heavy atom. The SMILES string of the molecule is Cc1ncccc1N(C)CC[C@@]1(C=O)CCC2C=C(C(=O)NO)C=CC2C1. The molecule has 0 radical (unpaired) electrons. The monoisotopic (exact) mass is 369 g/mol. The molecule has 0 saturated heterocycles. The number of aldehydes is 1. The molecule has 1 saturated carbocycles. The van der Waals surface area contributed by atoms with E-state index in [1.807, 2.05) is 32.2 Å². The Labute approximate surface area is 159 Å². The lowest BCUT2D eigenvalue weighted by atomic mass is 9.63. The summed E-state index contributed by atoms with van der Waals surface area (Å²) in [5.41, 5.74) is 3.92. The minimum Gasteiger partial charge on any atom is -0.373 e. The predicted octanol–water partition coefficient (Wildman–Crippen LogP) is 2.82. The van der Waals surface area contributed by atoms with Crippen LogP contribution in [0.25, 0.3) is 0 Å². The molecule has 2 aliphatic rings. The van der Waals surface area contributed by atoms with Crippen molar-refractivity contribution in [2.24, 2.45) is 17.3 Å². The number of pyridine rings is 1. The Hall–Kier alpha value is -2.47. The first-order chi connectivity index (χ1) is 13.0. The van der Waals surface area contributed by atoms with Gasteiger partial charge in [-0.15, -0.1) is 0 Å². The molecule has 3 rings (SSSR count). The van der Waals surface area contributed by atoms with Gasteiger partial charge in [-0.3, -0.25) is 15.0 Å². The zero-order valence-corrected chi connectivity index (χ0v) is 15.9. The fourth-order valence-corrected chi connectivity index (χ4v) is 4.32. The summed E-state index contributed by atoms with van der Waals surface area (Å²) in [7, 11) is 2.04. The first kappa shape index (κ1) is 19.3. The number of fused-ring (bicyclic) bond motifs is 1. The molecular weight excluding hydrogens is 342 g/mol. The van der Waals surface area contributed by atoms with E-state index in [-0.39, 0.29) is 17.3 Å². The normalized spacial score (nSPS) is 26.7. The molecule has 6 nitrogen and oxygen atoms in total. The van der Waals surface area contributed by atoms with Gasteiger partial charge in [-0.1, -0.05) is 18.2 Å². The Morgan fingerprint density at radius 2 is 2.30 bits per heavy atom. The van der Waals surface area contributed by atoms with Crippen molar-refractivity contribution in [3.8, 4) is 0 Å². The molecule has 0 bridgehead atoms. The third-order valence-corrected chi connectivity index (χ3v) is 6.03. The lowest BCUT2D eigenvalue weighted by Gasteiger charge is -2.41. The van der Waals surface area contributed by atoms with Gasteiger partial charge in [-0.25, -0.2) is 5.48 Å². The topological polar surface area (TPSA) is 82.5 Å². The Morgan fingerprint density at radius 1 is 1.48 bits per heavy atom. The van der Waals surface area contributed by atoms with Gasteiger partial charge in [0, 0.05) is 30.8 Å². The van der Waals surface area contributed by atoms with Crippen LogP contribution in [0, 0.1) is 24.2 Å². The summed E-state index contributed by atoms with van der Waals surface area (Å²) in [6, 6.07) is 3.98. The molecule has 27 heavy (non-hydrogen) atoms. The number of aromatic nitrogens is 1. The van der Waals surface area contributed by atoms with Gasteiger partial charge in [0.05, 0.1) is 11.4 Å². The van der Waals surface area contributed by atoms with Gasteiger partial charge in [0.25, 0.3) is 5.91 Å². The zero-order valence-electron chi connectivity index (χ0n) is 15.9. The molecule has 1 amide bonds. The average Bonchev–Trinajstić information content (AvgIpc) is 2.71. The average molecular weight is 369 g/mol. The van der Waals surface area contributed by atoms with Crippen molar-refractivity contribution < 1.29 is 14.8 Å². The highest BCUT2D eigenvalue weighted by molar-refractivity contribution is 5.95. The molecule has 3 atom stereocenters. The maximum atomic E-state index is 12.0. The number of hydroxylamine groups is 1. The second kappa shape index (κ2) is 8.05. The van der Waals surface area contributed by atoms with E-state index in [0.29, 0.717) is 5.57 Å². The van der Waals surface area contributed by atoms with E-state index < -0.39 is 5.91 Å². The van der Waals surface area contributed by atoms with Gasteiger partial charge >= 0.3 is 0 Å². The number of hydrogen-bond donors (Lipinski definition) is 2. The third kappa shape index (κ3) is 4.11. The number of aryl methyl sites for hydroxylation is 1. The maximum absolute atomic E-state index is 12.0. The van der Waals surface area contributed by atoms with E-state index in [4.69, 9.17) is 5.21 Å². The van der Waals surface area contributed by atoms with E-state index in [1.165, 1.54) is 0 Å². The van der Waals surface area contributed by atoms with Crippen molar-refractivity contribution in [1.82, 2.24) is 10.5 Å². The van der Waals surface area contributed by atoms with Gasteiger partial charge in [-0.05, 0) is 56.6 Å². The van der Waals surface area contributed by atoms with Crippen molar-refractivity contribution in [3.05, 3.63) is 47.8 Å². The molecule has 2 unspecified atom stereocenters. The van der Waals surface area contributed by atoms with Crippen molar-refractivity contribution in [2.75, 3.05) is 18.5 Å². The molecule has 6 heteroatoms. The second-order valence-electron chi connectivity index (χ2n) is 7.75. The minimum absolute atomic E-state index is 0.244. The van der Waals surface area contributed by atoms with E-state index >= 15 is 0 Å². The van der Waals surface area contributed by atoms with Gasteiger partial charge in [0.15, 0.2) is 0 Å². The van der Waals surface area contributed by atoms with Crippen LogP contribution in [-0.2, 0) is 9.59 Å². The fourth-order valence-electron chi connectivity index (χ4n) is 4.32. The van der Waals surface area contributed by atoms with E-state index in [0.717, 1.165) is 49.9 Å². The molecule has 1 heterocycles. The van der Waals surface area contributed by atoms with Crippen molar-refractivity contribution in [1.29, 1.82) is 0 Å². The van der Waals surface area contributed by atoms with Crippen LogP contribution in [0.1, 0.15) is 31.4 Å². The largest absolute Gasteiger partial charge is 0.373 e. The summed E-state index contributed by atoms with van der Waals surface area (Å²) >= 11 is 0. The van der Waals surface area contributed by atoms with Crippen molar-refractivity contribution in [3.63, 3.8) is 0 Å². The smallest absolute Gasteiger partial charge is 0.274 e. The van der Waals surface area contributed by atoms with Crippen molar-refractivity contribution in [2.45, 2.75) is 32.6 Å². The second-order valence-corrected chi connectivity index (χ2v) is 7.75. The molecule has 144 valence electrons. The lowest BCUT2D eigenvalue weighted by Crippen LogP contribution is -2.38. The number of allylic oxidation sites excluding steroid dienone is 2. The Balaban J connectivity index is 1.65. The fraction of sp³-hybridized carbons (Fsp3) is 0.476. The minimum atomic E-state index is -0.481. The van der Waals surface area contributed by atoms with Crippen LogP contribution < -0.4 is 10.4 Å². The quantitative estimate of drug-likeness (QED) is 0.458. The van der Waals surface area contributed by atoms with Crippen LogP contribution in [0.15, 0.2) is 42.1 Å². The number of nitrogens with one attached hydrogen (secondary N) is 1. The highest BCUT2D eigenvalue weighted by Crippen LogP contribution is 2.46. The molecule has 0 aliphatic heterocycles. The van der Waals surface area contributed by atoms with E-state index in [1.54, 1.807) is 17.8 Å². The molecule has 0 aromatic carbocycles. The number of rotatable bonds is 6. The highest BCUT2D eigenvalue weighted by Gasteiger charge is 2.40. The molecule has 2 N–H and O–H groups in total. The summed E-state index contributed by atoms with van der Waals surface area (Å²) in [6.07, 6.45) is 11.9. The first-order valence-corrected chi connectivity index (χ1v) is 9.41. The van der Waals surface area contributed by atoms with Gasteiger partial charge in [-0.2, -0.15) is 0 Å². The molecule has 0 spiro atoms. The van der Waals surface area contributed by atoms with Crippen LogP contribution in [0.3, 0.4) is 0 Å². The molecule has 2 aliphatic carbocycles. The van der Waals surface area contributed by atoms with Crippen LogP contribution in [0.4, 0.5) is 5.69 Å².